The summed E-state index contributed by atoms with van der Waals surface area (Å²) in [4.78, 5) is 0. The minimum absolute atomic E-state index is 0.116. The van der Waals surface area contributed by atoms with E-state index in [9.17, 15) is 4.39 Å². The first-order chi connectivity index (χ1) is 9.93. The van der Waals surface area contributed by atoms with Crippen LogP contribution in [-0.2, 0) is 6.42 Å². The third-order valence-electron chi connectivity index (χ3n) is 3.85. The van der Waals surface area contributed by atoms with Gasteiger partial charge in [-0.15, -0.1) is 0 Å². The summed E-state index contributed by atoms with van der Waals surface area (Å²) >= 11 is 3.51. The third kappa shape index (κ3) is 3.55. The number of aryl methyl sites for hydroxylation is 2. The minimum atomic E-state index is -0.208. The summed E-state index contributed by atoms with van der Waals surface area (Å²) < 4.78 is 20.2. The van der Waals surface area contributed by atoms with Crippen molar-refractivity contribution < 1.29 is 8.81 Å². The number of likely N-dealkylation sites (N-methyl/N-ethyl adjacent to an activating group) is 1. The summed E-state index contributed by atoms with van der Waals surface area (Å²) in [5.41, 5.74) is 3.31. The molecular weight excluding hydrogens is 333 g/mol. The van der Waals surface area contributed by atoms with Crippen LogP contribution in [0.15, 0.2) is 27.1 Å². The largest absolute Gasteiger partial charge is 0.466 e. The molecule has 1 unspecified atom stereocenters. The van der Waals surface area contributed by atoms with Crippen molar-refractivity contribution in [1.29, 1.82) is 0 Å². The van der Waals surface area contributed by atoms with Crippen LogP contribution >= 0.6 is 15.9 Å². The minimum Gasteiger partial charge on any atom is -0.466 e. The number of rotatable bonds is 5. The molecule has 4 heteroatoms. The fourth-order valence-electron chi connectivity index (χ4n) is 2.76. The lowest BCUT2D eigenvalue weighted by Crippen LogP contribution is -2.24. The zero-order valence-corrected chi connectivity index (χ0v) is 14.5. The number of hydrogen-bond donors (Lipinski definition) is 1. The van der Waals surface area contributed by atoms with E-state index < -0.39 is 0 Å². The summed E-state index contributed by atoms with van der Waals surface area (Å²) in [6.07, 6.45) is 0.715. The second kappa shape index (κ2) is 6.75. The standard InChI is InChI=1S/C17H21BrFNO/c1-5-20-16(17-10(2)11(3)21-12(17)4)9-13-8-14(19)6-7-15(13)18/h6-8,16,20H,5,9H2,1-4H3. The molecule has 0 saturated heterocycles. The highest BCUT2D eigenvalue weighted by atomic mass is 79.9. The molecule has 1 aromatic carbocycles. The Morgan fingerprint density at radius 2 is 1.95 bits per heavy atom. The van der Waals surface area contributed by atoms with Crippen LogP contribution in [-0.4, -0.2) is 6.54 Å². The van der Waals surface area contributed by atoms with Crippen LogP contribution in [0.1, 0.15) is 41.2 Å². The van der Waals surface area contributed by atoms with Gasteiger partial charge in [-0.2, -0.15) is 0 Å². The Hall–Kier alpha value is -1.13. The monoisotopic (exact) mass is 353 g/mol. The number of benzene rings is 1. The Labute approximate surface area is 133 Å². The van der Waals surface area contributed by atoms with Gasteiger partial charge in [0, 0.05) is 16.1 Å². The maximum atomic E-state index is 13.5. The molecule has 1 N–H and O–H groups in total. The Bertz CT molecular complexity index is 636. The maximum absolute atomic E-state index is 13.5. The first-order valence-corrected chi connectivity index (χ1v) is 7.97. The fourth-order valence-corrected chi connectivity index (χ4v) is 3.17. The lowest BCUT2D eigenvalue weighted by molar-refractivity contribution is 0.484. The maximum Gasteiger partial charge on any atom is 0.123 e. The zero-order chi connectivity index (χ0) is 15.6. The highest BCUT2D eigenvalue weighted by molar-refractivity contribution is 9.10. The molecule has 1 aromatic heterocycles. The van der Waals surface area contributed by atoms with Gasteiger partial charge in [-0.1, -0.05) is 22.9 Å². The molecule has 0 radical (unpaired) electrons. The summed E-state index contributed by atoms with van der Waals surface area (Å²) in [7, 11) is 0. The summed E-state index contributed by atoms with van der Waals surface area (Å²) in [5.74, 6) is 1.67. The predicted molar refractivity (Wildman–Crippen MR) is 87.1 cm³/mol. The number of furan rings is 1. The lowest BCUT2D eigenvalue weighted by Gasteiger charge is -2.19. The molecule has 0 aliphatic carbocycles. The van der Waals surface area contributed by atoms with E-state index in [1.165, 1.54) is 17.2 Å². The average Bonchev–Trinajstić information content (AvgIpc) is 2.67. The van der Waals surface area contributed by atoms with Crippen LogP contribution < -0.4 is 5.32 Å². The normalized spacial score (nSPS) is 12.7. The van der Waals surface area contributed by atoms with Crippen molar-refractivity contribution in [3.05, 3.63) is 56.7 Å². The van der Waals surface area contributed by atoms with E-state index in [4.69, 9.17) is 4.42 Å². The van der Waals surface area contributed by atoms with Gasteiger partial charge in [0.1, 0.15) is 17.3 Å². The summed E-state index contributed by atoms with van der Waals surface area (Å²) in [6, 6.07) is 4.93. The molecule has 1 atom stereocenters. The molecular formula is C17H21BrFNO. The van der Waals surface area contributed by atoms with Gasteiger partial charge in [0.2, 0.25) is 0 Å². The molecule has 0 spiro atoms. The van der Waals surface area contributed by atoms with Gasteiger partial charge in [0.15, 0.2) is 0 Å². The summed E-state index contributed by atoms with van der Waals surface area (Å²) in [6.45, 7) is 8.96. The van der Waals surface area contributed by atoms with Gasteiger partial charge in [-0.25, -0.2) is 4.39 Å². The van der Waals surface area contributed by atoms with Gasteiger partial charge < -0.3 is 9.73 Å². The number of halogens is 2. The predicted octanol–water partition coefficient (Wildman–Crippen LogP) is 5.00. The van der Waals surface area contributed by atoms with Gasteiger partial charge >= 0.3 is 0 Å². The van der Waals surface area contributed by atoms with E-state index in [1.807, 2.05) is 13.8 Å². The zero-order valence-electron chi connectivity index (χ0n) is 12.9. The second-order valence-corrected chi connectivity index (χ2v) is 6.16. The Balaban J connectivity index is 2.37. The number of hydrogen-bond acceptors (Lipinski definition) is 2. The molecule has 0 aliphatic heterocycles. The van der Waals surface area contributed by atoms with Crippen LogP contribution in [0.2, 0.25) is 0 Å². The number of nitrogens with one attached hydrogen (secondary N) is 1. The van der Waals surface area contributed by atoms with Crippen molar-refractivity contribution in [2.24, 2.45) is 0 Å². The first-order valence-electron chi connectivity index (χ1n) is 7.17. The molecule has 2 aromatic rings. The van der Waals surface area contributed by atoms with Crippen LogP contribution in [0.25, 0.3) is 0 Å². The molecule has 0 fully saturated rings. The second-order valence-electron chi connectivity index (χ2n) is 5.30. The molecule has 2 nitrogen and oxygen atoms in total. The van der Waals surface area contributed by atoms with E-state index in [1.54, 1.807) is 12.1 Å². The molecule has 1 heterocycles. The Morgan fingerprint density at radius 1 is 1.24 bits per heavy atom. The van der Waals surface area contributed by atoms with Crippen molar-refractivity contribution in [3.63, 3.8) is 0 Å². The lowest BCUT2D eigenvalue weighted by atomic mass is 9.95. The SMILES string of the molecule is CCNC(Cc1cc(F)ccc1Br)c1c(C)oc(C)c1C. The van der Waals surface area contributed by atoms with Crippen LogP contribution in [0.3, 0.4) is 0 Å². The van der Waals surface area contributed by atoms with Gasteiger partial charge in [-0.3, -0.25) is 0 Å². The highest BCUT2D eigenvalue weighted by Crippen LogP contribution is 2.31. The quantitative estimate of drug-likeness (QED) is 0.817. The van der Waals surface area contributed by atoms with Crippen molar-refractivity contribution in [3.8, 4) is 0 Å². The fraction of sp³-hybridized carbons (Fsp3) is 0.412. The van der Waals surface area contributed by atoms with E-state index in [2.05, 4.69) is 35.1 Å². The molecule has 0 amide bonds. The van der Waals surface area contributed by atoms with Gasteiger partial charge in [0.05, 0.1) is 0 Å². The third-order valence-corrected chi connectivity index (χ3v) is 4.62. The van der Waals surface area contributed by atoms with Crippen molar-refractivity contribution in [2.75, 3.05) is 6.54 Å². The molecule has 0 saturated carbocycles. The molecule has 114 valence electrons. The van der Waals surface area contributed by atoms with Gasteiger partial charge in [-0.05, 0) is 63.1 Å². The topological polar surface area (TPSA) is 25.2 Å². The molecule has 21 heavy (non-hydrogen) atoms. The van der Waals surface area contributed by atoms with Crippen LogP contribution in [0.5, 0.6) is 0 Å². The van der Waals surface area contributed by atoms with E-state index in [0.717, 1.165) is 28.1 Å². The molecule has 0 bridgehead atoms. The van der Waals surface area contributed by atoms with Crippen molar-refractivity contribution in [2.45, 2.75) is 40.2 Å². The van der Waals surface area contributed by atoms with E-state index in [0.29, 0.717) is 6.42 Å². The Morgan fingerprint density at radius 3 is 2.52 bits per heavy atom. The van der Waals surface area contributed by atoms with Crippen LogP contribution in [0.4, 0.5) is 4.39 Å². The van der Waals surface area contributed by atoms with Crippen molar-refractivity contribution >= 4 is 15.9 Å². The van der Waals surface area contributed by atoms with Gasteiger partial charge in [0.25, 0.3) is 0 Å². The first kappa shape index (κ1) is 16.2. The van der Waals surface area contributed by atoms with Crippen LogP contribution in [0, 0.1) is 26.6 Å². The molecule has 2 rings (SSSR count). The molecule has 0 aliphatic rings. The summed E-state index contributed by atoms with van der Waals surface area (Å²) in [5, 5.41) is 3.49. The van der Waals surface area contributed by atoms with Crippen molar-refractivity contribution in [1.82, 2.24) is 5.32 Å². The average molecular weight is 354 g/mol. The van der Waals surface area contributed by atoms with E-state index >= 15 is 0 Å². The Kier molecular flexibility index (Phi) is 5.22. The highest BCUT2D eigenvalue weighted by Gasteiger charge is 2.21. The van der Waals surface area contributed by atoms with E-state index in [-0.39, 0.29) is 11.9 Å². The smallest absolute Gasteiger partial charge is 0.123 e.